The molecule has 0 N–H and O–H groups in total. The number of hydrogen-bond acceptors (Lipinski definition) is 5. The molecule has 0 saturated carbocycles. The van der Waals surface area contributed by atoms with Gasteiger partial charge in [0.2, 0.25) is 11.8 Å². The highest BCUT2D eigenvalue weighted by Crippen LogP contribution is 2.29. The van der Waals surface area contributed by atoms with Gasteiger partial charge in [0.15, 0.2) is 0 Å². The van der Waals surface area contributed by atoms with Gasteiger partial charge in [-0.2, -0.15) is 0 Å². The lowest BCUT2D eigenvalue weighted by Gasteiger charge is -2.28. The molecule has 0 saturated heterocycles. The van der Waals surface area contributed by atoms with E-state index in [1.54, 1.807) is 11.3 Å². The van der Waals surface area contributed by atoms with Crippen molar-refractivity contribution >= 4 is 40.4 Å². The molecule has 38 heavy (non-hydrogen) atoms. The lowest BCUT2D eigenvalue weighted by atomic mass is 10.1. The first-order valence-electron chi connectivity index (χ1n) is 13.4. The smallest absolute Gasteiger partial charge is 0.228 e. The lowest BCUT2D eigenvalue weighted by molar-refractivity contribution is -0.131. The number of carbonyl (C=O) groups excluding carboxylic acids is 2. The third-order valence-electron chi connectivity index (χ3n) is 6.92. The van der Waals surface area contributed by atoms with Crippen LogP contribution in [0.3, 0.4) is 0 Å². The molecule has 1 aliphatic heterocycles. The summed E-state index contributed by atoms with van der Waals surface area (Å²) < 4.78 is 0. The van der Waals surface area contributed by atoms with E-state index in [1.165, 1.54) is 5.56 Å². The van der Waals surface area contributed by atoms with E-state index in [0.29, 0.717) is 37.5 Å². The molecule has 1 aromatic heterocycles. The molecule has 2 aromatic carbocycles. The topological polar surface area (TPSA) is 56.8 Å². The number of halogens is 1. The van der Waals surface area contributed by atoms with E-state index in [9.17, 15) is 9.59 Å². The minimum Gasteiger partial charge on any atom is -0.337 e. The number of thiazole rings is 1. The summed E-state index contributed by atoms with van der Waals surface area (Å²) in [6.07, 6.45) is 2.43. The van der Waals surface area contributed by atoms with Crippen LogP contribution in [0.5, 0.6) is 0 Å². The predicted octanol–water partition coefficient (Wildman–Crippen LogP) is 6.02. The minimum atomic E-state index is 0.0722. The summed E-state index contributed by atoms with van der Waals surface area (Å²) >= 11 is 8.02. The van der Waals surface area contributed by atoms with Gasteiger partial charge in [0, 0.05) is 55.6 Å². The summed E-state index contributed by atoms with van der Waals surface area (Å²) in [5, 5.41) is 1.56. The number of amides is 2. The predicted molar refractivity (Wildman–Crippen MR) is 156 cm³/mol. The van der Waals surface area contributed by atoms with E-state index in [2.05, 4.69) is 34.1 Å². The fourth-order valence-electron chi connectivity index (χ4n) is 4.96. The zero-order valence-electron chi connectivity index (χ0n) is 22.6. The SMILES string of the molecule is CCCC(=O)N1CCCN(Cc2ccccc2)CCN(C(=O)Cc2sc(C)nc2C)Cc2ccc(Cl)cc21. The average molecular weight is 553 g/mol. The molecular weight excluding hydrogens is 516 g/mol. The maximum absolute atomic E-state index is 13.7. The van der Waals surface area contributed by atoms with Crippen molar-refractivity contribution in [2.45, 2.75) is 59.5 Å². The molecule has 6 nitrogen and oxygen atoms in total. The fraction of sp³-hybridized carbons (Fsp3) is 0.433. The molecule has 4 rings (SSSR count). The summed E-state index contributed by atoms with van der Waals surface area (Å²) in [4.78, 5) is 38.7. The van der Waals surface area contributed by atoms with E-state index in [1.807, 2.05) is 54.8 Å². The molecule has 0 fully saturated rings. The summed E-state index contributed by atoms with van der Waals surface area (Å²) in [6.45, 7) is 10.0. The van der Waals surface area contributed by atoms with E-state index < -0.39 is 0 Å². The minimum absolute atomic E-state index is 0.0722. The number of fused-ring (bicyclic) bond motifs is 1. The molecule has 0 unspecified atom stereocenters. The van der Waals surface area contributed by atoms with Gasteiger partial charge in [0.25, 0.3) is 0 Å². The maximum Gasteiger partial charge on any atom is 0.228 e. The zero-order chi connectivity index (χ0) is 27.1. The standard InChI is InChI=1S/C30H37ClN4O2S/c1-4-9-29(36)35-15-8-14-33(20-24-10-6-5-7-11-24)16-17-34(21-25-12-13-26(31)18-27(25)35)30(37)19-28-22(2)32-23(3)38-28/h5-7,10-13,18H,4,8-9,14-17,19-21H2,1-3H3. The second kappa shape index (κ2) is 13.4. The molecule has 2 amide bonds. The van der Waals surface area contributed by atoms with Gasteiger partial charge in [-0.05, 0) is 49.9 Å². The van der Waals surface area contributed by atoms with Gasteiger partial charge in [0.05, 0.1) is 22.8 Å². The van der Waals surface area contributed by atoms with Crippen LogP contribution in [-0.4, -0.2) is 52.8 Å². The largest absolute Gasteiger partial charge is 0.337 e. The van der Waals surface area contributed by atoms with Crippen LogP contribution in [0.4, 0.5) is 5.69 Å². The van der Waals surface area contributed by atoms with Gasteiger partial charge in [-0.15, -0.1) is 11.3 Å². The number of aromatic nitrogens is 1. The summed E-state index contributed by atoms with van der Waals surface area (Å²) in [6, 6.07) is 16.1. The molecule has 0 aliphatic carbocycles. The van der Waals surface area contributed by atoms with Crippen LogP contribution < -0.4 is 4.90 Å². The number of nitrogens with zero attached hydrogens (tertiary/aromatic N) is 4. The van der Waals surface area contributed by atoms with Crippen LogP contribution in [0.2, 0.25) is 5.02 Å². The van der Waals surface area contributed by atoms with Gasteiger partial charge < -0.3 is 9.80 Å². The van der Waals surface area contributed by atoms with Gasteiger partial charge in [-0.3, -0.25) is 14.5 Å². The molecule has 2 heterocycles. The van der Waals surface area contributed by atoms with Crippen LogP contribution >= 0.6 is 22.9 Å². The van der Waals surface area contributed by atoms with E-state index in [4.69, 9.17) is 11.6 Å². The maximum atomic E-state index is 13.7. The number of anilines is 1. The summed E-state index contributed by atoms with van der Waals surface area (Å²) in [5.74, 6) is 0.168. The van der Waals surface area contributed by atoms with E-state index in [0.717, 1.165) is 59.3 Å². The molecule has 0 spiro atoms. The number of benzene rings is 2. The van der Waals surface area contributed by atoms with Gasteiger partial charge in [0.1, 0.15) is 0 Å². The van der Waals surface area contributed by atoms with Gasteiger partial charge in [-0.1, -0.05) is 54.9 Å². The Morgan fingerprint density at radius 2 is 1.79 bits per heavy atom. The number of hydrogen-bond donors (Lipinski definition) is 0. The molecule has 1 aliphatic rings. The van der Waals surface area contributed by atoms with Crippen molar-refractivity contribution in [1.29, 1.82) is 0 Å². The summed E-state index contributed by atoms with van der Waals surface area (Å²) in [7, 11) is 0. The zero-order valence-corrected chi connectivity index (χ0v) is 24.2. The Morgan fingerprint density at radius 1 is 1.00 bits per heavy atom. The highest BCUT2D eigenvalue weighted by molar-refractivity contribution is 7.11. The van der Waals surface area contributed by atoms with E-state index in [-0.39, 0.29) is 11.8 Å². The second-order valence-corrected chi connectivity index (χ2v) is 11.6. The molecule has 8 heteroatoms. The summed E-state index contributed by atoms with van der Waals surface area (Å²) in [5.41, 5.74) is 3.92. The monoisotopic (exact) mass is 552 g/mol. The Kier molecular flexibility index (Phi) is 9.94. The molecule has 0 bridgehead atoms. The second-order valence-electron chi connectivity index (χ2n) is 9.92. The highest BCUT2D eigenvalue weighted by Gasteiger charge is 2.24. The third-order valence-corrected chi connectivity index (χ3v) is 8.23. The Balaban J connectivity index is 1.66. The number of carbonyl (C=O) groups is 2. The van der Waals surface area contributed by atoms with Crippen molar-refractivity contribution in [3.05, 3.63) is 80.3 Å². The molecule has 0 atom stereocenters. The molecule has 0 radical (unpaired) electrons. The van der Waals surface area contributed by atoms with Crippen molar-refractivity contribution in [1.82, 2.24) is 14.8 Å². The number of rotatable bonds is 6. The number of aryl methyl sites for hydroxylation is 2. The molecule has 202 valence electrons. The first kappa shape index (κ1) is 28.3. The Bertz CT molecular complexity index is 1250. The lowest BCUT2D eigenvalue weighted by Crippen LogP contribution is -2.39. The first-order chi connectivity index (χ1) is 18.3. The normalized spacial score (nSPS) is 15.2. The Hall–Kier alpha value is -2.74. The quantitative estimate of drug-likeness (QED) is 0.375. The van der Waals surface area contributed by atoms with Crippen LogP contribution in [-0.2, 0) is 29.1 Å². The first-order valence-corrected chi connectivity index (χ1v) is 14.6. The third kappa shape index (κ3) is 7.43. The van der Waals surface area contributed by atoms with Gasteiger partial charge >= 0.3 is 0 Å². The Labute approximate surface area is 235 Å². The fourth-order valence-corrected chi connectivity index (χ4v) is 6.06. The van der Waals surface area contributed by atoms with Crippen molar-refractivity contribution in [2.24, 2.45) is 0 Å². The Morgan fingerprint density at radius 3 is 2.50 bits per heavy atom. The van der Waals surface area contributed by atoms with Crippen molar-refractivity contribution in [3.63, 3.8) is 0 Å². The molecule has 3 aromatic rings. The van der Waals surface area contributed by atoms with Crippen molar-refractivity contribution in [3.8, 4) is 0 Å². The van der Waals surface area contributed by atoms with Crippen molar-refractivity contribution in [2.75, 3.05) is 31.1 Å². The van der Waals surface area contributed by atoms with Gasteiger partial charge in [-0.25, -0.2) is 4.98 Å². The van der Waals surface area contributed by atoms with Crippen molar-refractivity contribution < 1.29 is 9.59 Å². The average Bonchev–Trinajstić information content (AvgIpc) is 3.19. The van der Waals surface area contributed by atoms with E-state index >= 15 is 0 Å². The molecular formula is C30H37ClN4O2S. The highest BCUT2D eigenvalue weighted by atomic mass is 35.5. The van der Waals surface area contributed by atoms with Crippen LogP contribution in [0, 0.1) is 13.8 Å². The van der Waals surface area contributed by atoms with Crippen LogP contribution in [0.1, 0.15) is 52.9 Å². The van der Waals surface area contributed by atoms with Crippen LogP contribution in [0.25, 0.3) is 0 Å². The van der Waals surface area contributed by atoms with Crippen LogP contribution in [0.15, 0.2) is 48.5 Å².